The van der Waals surface area contributed by atoms with Gasteiger partial charge in [-0.2, -0.15) is 5.10 Å². The predicted octanol–water partition coefficient (Wildman–Crippen LogP) is 5.90. The van der Waals surface area contributed by atoms with Gasteiger partial charge in [-0.1, -0.05) is 78.4 Å². The van der Waals surface area contributed by atoms with E-state index in [1.165, 1.54) is 34.6 Å². The molecular weight excluding hydrogens is 444 g/mol. The second kappa shape index (κ2) is 10.1. The first kappa shape index (κ1) is 22.7. The Morgan fingerprint density at radius 1 is 1.06 bits per heavy atom. The summed E-state index contributed by atoms with van der Waals surface area (Å²) in [7, 11) is 0. The number of fused-ring (bicyclic) bond motifs is 2. The summed E-state index contributed by atoms with van der Waals surface area (Å²) < 4.78 is 5.16. The van der Waals surface area contributed by atoms with E-state index in [0.29, 0.717) is 34.1 Å². The maximum Gasteiger partial charge on any atom is 0.350 e. The second-order valence-electron chi connectivity index (χ2n) is 8.89. The second-order valence-corrected chi connectivity index (χ2v) is 9.89. The lowest BCUT2D eigenvalue weighted by molar-refractivity contribution is 0.0531. The first-order chi connectivity index (χ1) is 16.7. The number of piperidine rings is 1. The number of anilines is 1. The predicted molar refractivity (Wildman–Crippen MR) is 136 cm³/mol. The lowest BCUT2D eigenvalue weighted by Gasteiger charge is -2.47. The van der Waals surface area contributed by atoms with Crippen LogP contribution in [-0.2, 0) is 4.74 Å². The van der Waals surface area contributed by atoms with E-state index < -0.39 is 0 Å². The molecule has 1 aromatic heterocycles. The summed E-state index contributed by atoms with van der Waals surface area (Å²) in [5.41, 5.74) is 7.64. The van der Waals surface area contributed by atoms with E-state index in [1.807, 2.05) is 13.8 Å². The number of rotatable bonds is 6. The van der Waals surface area contributed by atoms with Crippen molar-refractivity contribution >= 4 is 28.1 Å². The van der Waals surface area contributed by atoms with E-state index in [-0.39, 0.29) is 18.1 Å². The largest absolute Gasteiger partial charge is 0.462 e. The van der Waals surface area contributed by atoms with Crippen molar-refractivity contribution in [3.05, 3.63) is 82.4 Å². The Hall–Kier alpha value is -3.03. The SMILES string of the molecule is CCOC(=O)c1sc(NN=C2[C@H]3CCC[C@@H]2[C@H](c2ccccc2)N[C@@H]3c2ccccc2)nc1C. The summed E-state index contributed by atoms with van der Waals surface area (Å²) >= 11 is 1.30. The zero-order valence-electron chi connectivity index (χ0n) is 19.5. The van der Waals surface area contributed by atoms with Crippen molar-refractivity contribution in [1.29, 1.82) is 0 Å². The summed E-state index contributed by atoms with van der Waals surface area (Å²) in [4.78, 5) is 17.3. The van der Waals surface area contributed by atoms with Gasteiger partial charge in [0.15, 0.2) is 0 Å². The third-order valence-electron chi connectivity index (χ3n) is 6.81. The molecule has 2 fully saturated rings. The number of aromatic nitrogens is 1. The van der Waals surface area contributed by atoms with Crippen LogP contribution in [0.4, 0.5) is 5.13 Å². The Bertz CT molecular complexity index is 1110. The number of aryl methyl sites for hydroxylation is 1. The number of benzene rings is 2. The highest BCUT2D eigenvalue weighted by Crippen LogP contribution is 2.46. The average Bonchev–Trinajstić information content (AvgIpc) is 3.24. The van der Waals surface area contributed by atoms with Gasteiger partial charge in [0.2, 0.25) is 5.13 Å². The van der Waals surface area contributed by atoms with Crippen molar-refractivity contribution in [2.24, 2.45) is 16.9 Å². The zero-order chi connectivity index (χ0) is 23.5. The molecule has 2 aromatic carbocycles. The average molecular weight is 475 g/mol. The molecule has 5 rings (SSSR count). The number of hydrazone groups is 1. The molecule has 7 heteroatoms. The third-order valence-corrected chi connectivity index (χ3v) is 7.85. The number of nitrogens with one attached hydrogen (secondary N) is 2. The minimum atomic E-state index is -0.328. The van der Waals surface area contributed by atoms with E-state index in [4.69, 9.17) is 9.84 Å². The van der Waals surface area contributed by atoms with Crippen molar-refractivity contribution in [2.75, 3.05) is 12.0 Å². The quantitative estimate of drug-likeness (QED) is 0.344. The lowest BCUT2D eigenvalue weighted by Crippen LogP contribution is -2.50. The highest BCUT2D eigenvalue weighted by atomic mass is 32.1. The van der Waals surface area contributed by atoms with Crippen LogP contribution in [0.5, 0.6) is 0 Å². The van der Waals surface area contributed by atoms with Gasteiger partial charge in [0, 0.05) is 29.6 Å². The van der Waals surface area contributed by atoms with Crippen molar-refractivity contribution in [1.82, 2.24) is 10.3 Å². The summed E-state index contributed by atoms with van der Waals surface area (Å²) in [5.74, 6) is 0.281. The summed E-state index contributed by atoms with van der Waals surface area (Å²) in [6, 6.07) is 21.7. The van der Waals surface area contributed by atoms with Gasteiger partial charge in [-0.05, 0) is 37.8 Å². The number of ether oxygens (including phenoxy) is 1. The Balaban J connectivity index is 1.49. The Morgan fingerprint density at radius 3 is 2.21 bits per heavy atom. The zero-order valence-corrected chi connectivity index (χ0v) is 20.3. The Kier molecular flexibility index (Phi) is 6.74. The molecule has 1 aliphatic carbocycles. The summed E-state index contributed by atoms with van der Waals surface area (Å²) in [6.07, 6.45) is 3.37. The van der Waals surface area contributed by atoms with Crippen molar-refractivity contribution in [3.8, 4) is 0 Å². The van der Waals surface area contributed by atoms with Gasteiger partial charge in [-0.15, -0.1) is 0 Å². The number of esters is 1. The fourth-order valence-electron chi connectivity index (χ4n) is 5.32. The first-order valence-electron chi connectivity index (χ1n) is 12.0. The number of thiazole rings is 1. The molecule has 3 aromatic rings. The molecule has 0 spiro atoms. The minimum absolute atomic E-state index is 0.191. The number of hydrogen-bond acceptors (Lipinski definition) is 7. The lowest BCUT2D eigenvalue weighted by atomic mass is 9.67. The molecule has 1 saturated carbocycles. The molecule has 2 N–H and O–H groups in total. The smallest absolute Gasteiger partial charge is 0.350 e. The molecule has 2 bridgehead atoms. The van der Waals surface area contributed by atoms with Gasteiger partial charge >= 0.3 is 5.97 Å². The molecule has 0 amide bonds. The van der Waals surface area contributed by atoms with Crippen LogP contribution in [0.2, 0.25) is 0 Å². The van der Waals surface area contributed by atoms with E-state index in [9.17, 15) is 4.79 Å². The topological polar surface area (TPSA) is 75.6 Å². The van der Waals surface area contributed by atoms with Crippen molar-refractivity contribution < 1.29 is 9.53 Å². The first-order valence-corrected chi connectivity index (χ1v) is 12.8. The van der Waals surface area contributed by atoms with Crippen LogP contribution >= 0.6 is 11.3 Å². The molecule has 2 aliphatic rings. The van der Waals surface area contributed by atoms with E-state index in [0.717, 1.165) is 12.8 Å². The molecule has 6 nitrogen and oxygen atoms in total. The highest BCUT2D eigenvalue weighted by molar-refractivity contribution is 7.17. The van der Waals surface area contributed by atoms with E-state index in [1.54, 1.807) is 0 Å². The number of carbonyl (C=O) groups is 1. The van der Waals surface area contributed by atoms with Gasteiger partial charge in [0.1, 0.15) is 4.88 Å². The van der Waals surface area contributed by atoms with Crippen molar-refractivity contribution in [3.63, 3.8) is 0 Å². The van der Waals surface area contributed by atoms with Crippen LogP contribution in [0.1, 0.15) is 64.8 Å². The Morgan fingerprint density at radius 2 is 1.65 bits per heavy atom. The molecule has 0 unspecified atom stereocenters. The Labute approximate surface area is 204 Å². The number of hydrogen-bond donors (Lipinski definition) is 2. The molecule has 176 valence electrons. The van der Waals surface area contributed by atoms with Crippen LogP contribution in [0.25, 0.3) is 0 Å². The fourth-order valence-corrected chi connectivity index (χ4v) is 6.12. The third kappa shape index (κ3) is 4.50. The van der Waals surface area contributed by atoms with Gasteiger partial charge < -0.3 is 10.1 Å². The van der Waals surface area contributed by atoms with Crippen LogP contribution in [-0.4, -0.2) is 23.3 Å². The highest BCUT2D eigenvalue weighted by Gasteiger charge is 2.45. The van der Waals surface area contributed by atoms with Gasteiger partial charge in [-0.3, -0.25) is 5.43 Å². The molecule has 34 heavy (non-hydrogen) atoms. The molecular formula is C27H30N4O2S. The summed E-state index contributed by atoms with van der Waals surface area (Å²) in [5, 5.41) is 9.57. The maximum atomic E-state index is 12.2. The van der Waals surface area contributed by atoms with Crippen LogP contribution in [0.15, 0.2) is 65.8 Å². The van der Waals surface area contributed by atoms with Gasteiger partial charge in [-0.25, -0.2) is 9.78 Å². The molecule has 0 radical (unpaired) electrons. The van der Waals surface area contributed by atoms with Crippen molar-refractivity contribution in [2.45, 2.75) is 45.2 Å². The monoisotopic (exact) mass is 474 g/mol. The van der Waals surface area contributed by atoms with Gasteiger partial charge in [0.05, 0.1) is 12.3 Å². The maximum absolute atomic E-state index is 12.2. The molecule has 1 saturated heterocycles. The molecule has 1 aliphatic heterocycles. The molecule has 2 heterocycles. The van der Waals surface area contributed by atoms with E-state index >= 15 is 0 Å². The standard InChI is InChI=1S/C27H30N4O2S/c1-3-33-26(32)25-17(2)28-27(34-25)31-30-24-20-15-10-16-21(24)23(19-13-8-5-9-14-19)29-22(20)18-11-6-4-7-12-18/h4-9,11-14,20-23,29H,3,10,15-16H2,1-2H3,(H,28,31)/t20-,21+,22+,23-. The summed E-state index contributed by atoms with van der Waals surface area (Å²) in [6.45, 7) is 3.98. The fraction of sp³-hybridized carbons (Fsp3) is 0.370. The van der Waals surface area contributed by atoms with Crippen LogP contribution < -0.4 is 10.7 Å². The number of carbonyl (C=O) groups excluding carboxylic acids is 1. The van der Waals surface area contributed by atoms with Gasteiger partial charge in [0.25, 0.3) is 0 Å². The minimum Gasteiger partial charge on any atom is -0.462 e. The normalized spacial score (nSPS) is 25.2. The van der Waals surface area contributed by atoms with E-state index in [2.05, 4.69) is 76.4 Å². The number of nitrogens with zero attached hydrogens (tertiary/aromatic N) is 2. The van der Waals surface area contributed by atoms with Crippen LogP contribution in [0, 0.1) is 18.8 Å². The molecule has 4 atom stereocenters. The van der Waals surface area contributed by atoms with Crippen LogP contribution in [0.3, 0.4) is 0 Å².